The van der Waals surface area contributed by atoms with Gasteiger partial charge in [-0.25, -0.2) is 0 Å². The first-order chi connectivity index (χ1) is 7.18. The van der Waals surface area contributed by atoms with E-state index in [1.807, 2.05) is 0 Å². The van der Waals surface area contributed by atoms with E-state index in [0.717, 1.165) is 12.5 Å². The van der Waals surface area contributed by atoms with Crippen molar-refractivity contribution in [3.63, 3.8) is 0 Å². The standard InChI is InChI=1S/C14H30N2/c1-13(2,3)12-7-6-9-16(10-8-12)11-14(4,5)15/h12H,6-11,15H2,1-5H3. The Bertz CT molecular complexity index is 210. The van der Waals surface area contributed by atoms with Gasteiger partial charge in [-0.15, -0.1) is 0 Å². The summed E-state index contributed by atoms with van der Waals surface area (Å²) in [6.45, 7) is 14.9. The maximum Gasteiger partial charge on any atom is 0.0226 e. The molecule has 0 aromatic heterocycles. The van der Waals surface area contributed by atoms with Crippen molar-refractivity contribution in [2.24, 2.45) is 17.1 Å². The van der Waals surface area contributed by atoms with Gasteiger partial charge in [0.25, 0.3) is 0 Å². The molecule has 0 aliphatic carbocycles. The van der Waals surface area contributed by atoms with Gasteiger partial charge in [-0.2, -0.15) is 0 Å². The Morgan fingerprint density at radius 2 is 1.69 bits per heavy atom. The van der Waals surface area contributed by atoms with Crippen molar-refractivity contribution in [2.75, 3.05) is 19.6 Å². The second kappa shape index (κ2) is 5.05. The van der Waals surface area contributed by atoms with Crippen LogP contribution in [-0.4, -0.2) is 30.1 Å². The molecular weight excluding hydrogens is 196 g/mol. The summed E-state index contributed by atoms with van der Waals surface area (Å²) < 4.78 is 0. The van der Waals surface area contributed by atoms with Crippen LogP contribution in [-0.2, 0) is 0 Å². The summed E-state index contributed by atoms with van der Waals surface area (Å²) in [5.74, 6) is 0.874. The molecule has 16 heavy (non-hydrogen) atoms. The molecule has 2 heteroatoms. The van der Waals surface area contributed by atoms with Gasteiger partial charge < -0.3 is 10.6 Å². The summed E-state index contributed by atoms with van der Waals surface area (Å²) >= 11 is 0. The fourth-order valence-corrected chi connectivity index (χ4v) is 2.76. The molecule has 0 spiro atoms. The zero-order valence-corrected chi connectivity index (χ0v) is 11.8. The molecule has 1 heterocycles. The second-order valence-corrected chi connectivity index (χ2v) is 7.26. The van der Waals surface area contributed by atoms with Gasteiger partial charge in [0.1, 0.15) is 0 Å². The number of rotatable bonds is 2. The zero-order chi connectivity index (χ0) is 12.4. The number of likely N-dealkylation sites (tertiary alicyclic amines) is 1. The third-order valence-electron chi connectivity index (χ3n) is 3.68. The van der Waals surface area contributed by atoms with Gasteiger partial charge in [0.2, 0.25) is 0 Å². The molecule has 1 unspecified atom stereocenters. The van der Waals surface area contributed by atoms with E-state index >= 15 is 0 Å². The van der Waals surface area contributed by atoms with Gasteiger partial charge >= 0.3 is 0 Å². The normalized spacial score (nSPS) is 25.5. The number of hydrogen-bond donors (Lipinski definition) is 1. The van der Waals surface area contributed by atoms with E-state index in [9.17, 15) is 0 Å². The van der Waals surface area contributed by atoms with E-state index in [1.54, 1.807) is 0 Å². The van der Waals surface area contributed by atoms with Crippen molar-refractivity contribution < 1.29 is 0 Å². The molecule has 96 valence electrons. The molecule has 0 bridgehead atoms. The van der Waals surface area contributed by atoms with Gasteiger partial charge in [-0.1, -0.05) is 20.8 Å². The van der Waals surface area contributed by atoms with E-state index < -0.39 is 0 Å². The van der Waals surface area contributed by atoms with Gasteiger partial charge in [0.15, 0.2) is 0 Å². The van der Waals surface area contributed by atoms with Crippen LogP contribution in [0.2, 0.25) is 0 Å². The first-order valence-electron chi connectivity index (χ1n) is 6.70. The molecular formula is C14H30N2. The minimum absolute atomic E-state index is 0.0540. The van der Waals surface area contributed by atoms with E-state index in [2.05, 4.69) is 39.5 Å². The quantitative estimate of drug-likeness (QED) is 0.784. The summed E-state index contributed by atoms with van der Waals surface area (Å²) in [6, 6.07) is 0. The highest BCUT2D eigenvalue weighted by atomic mass is 15.1. The SMILES string of the molecule is CC(C)(N)CN1CCCC(C(C)(C)C)CC1. The molecule has 0 saturated carbocycles. The maximum absolute atomic E-state index is 6.10. The molecule has 1 aliphatic heterocycles. The average molecular weight is 226 g/mol. The van der Waals surface area contributed by atoms with Crippen molar-refractivity contribution in [2.45, 2.75) is 59.4 Å². The lowest BCUT2D eigenvalue weighted by atomic mass is 9.77. The molecule has 1 rings (SSSR count). The van der Waals surface area contributed by atoms with Gasteiger partial charge in [0.05, 0.1) is 0 Å². The Balaban J connectivity index is 2.47. The summed E-state index contributed by atoms with van der Waals surface area (Å²) in [6.07, 6.45) is 4.04. The lowest BCUT2D eigenvalue weighted by molar-refractivity contribution is 0.198. The Morgan fingerprint density at radius 3 is 2.19 bits per heavy atom. The van der Waals surface area contributed by atoms with Crippen LogP contribution in [0.25, 0.3) is 0 Å². The molecule has 0 radical (unpaired) electrons. The maximum atomic E-state index is 6.10. The first kappa shape index (κ1) is 14.0. The van der Waals surface area contributed by atoms with Crippen LogP contribution in [0.4, 0.5) is 0 Å². The van der Waals surface area contributed by atoms with E-state index in [4.69, 9.17) is 5.73 Å². The zero-order valence-electron chi connectivity index (χ0n) is 11.8. The van der Waals surface area contributed by atoms with Crippen LogP contribution in [0.1, 0.15) is 53.9 Å². The molecule has 0 aromatic rings. The highest BCUT2D eigenvalue weighted by molar-refractivity contribution is 4.82. The summed E-state index contributed by atoms with van der Waals surface area (Å²) in [5, 5.41) is 0. The third-order valence-corrected chi connectivity index (χ3v) is 3.68. The molecule has 1 fully saturated rings. The Morgan fingerprint density at radius 1 is 1.06 bits per heavy atom. The number of hydrogen-bond acceptors (Lipinski definition) is 2. The lowest BCUT2D eigenvalue weighted by Gasteiger charge is -2.31. The van der Waals surface area contributed by atoms with Crippen LogP contribution < -0.4 is 5.73 Å². The third kappa shape index (κ3) is 4.84. The van der Waals surface area contributed by atoms with Crippen LogP contribution in [0.5, 0.6) is 0 Å². The number of nitrogens with zero attached hydrogens (tertiary/aromatic N) is 1. The average Bonchev–Trinajstić information content (AvgIpc) is 2.25. The van der Waals surface area contributed by atoms with Crippen molar-refractivity contribution in [3.05, 3.63) is 0 Å². The molecule has 2 N–H and O–H groups in total. The Labute approximate surface area is 102 Å². The fraction of sp³-hybridized carbons (Fsp3) is 1.00. The van der Waals surface area contributed by atoms with Crippen LogP contribution in [0, 0.1) is 11.3 Å². The largest absolute Gasteiger partial charge is 0.324 e. The van der Waals surface area contributed by atoms with Crippen molar-refractivity contribution >= 4 is 0 Å². The smallest absolute Gasteiger partial charge is 0.0226 e. The summed E-state index contributed by atoms with van der Waals surface area (Å²) in [4.78, 5) is 2.55. The molecule has 1 atom stereocenters. The minimum Gasteiger partial charge on any atom is -0.324 e. The second-order valence-electron chi connectivity index (χ2n) is 7.26. The summed E-state index contributed by atoms with van der Waals surface area (Å²) in [5.41, 5.74) is 6.51. The van der Waals surface area contributed by atoms with E-state index in [0.29, 0.717) is 5.41 Å². The Kier molecular flexibility index (Phi) is 4.42. The molecule has 0 amide bonds. The fourth-order valence-electron chi connectivity index (χ4n) is 2.76. The van der Waals surface area contributed by atoms with Crippen molar-refractivity contribution in [1.82, 2.24) is 4.90 Å². The van der Waals surface area contributed by atoms with Gasteiger partial charge in [0, 0.05) is 12.1 Å². The first-order valence-corrected chi connectivity index (χ1v) is 6.70. The van der Waals surface area contributed by atoms with Crippen LogP contribution >= 0.6 is 0 Å². The number of nitrogens with two attached hydrogens (primary N) is 1. The highest BCUT2D eigenvalue weighted by Crippen LogP contribution is 2.34. The van der Waals surface area contributed by atoms with E-state index in [1.165, 1.54) is 32.4 Å². The Hall–Kier alpha value is -0.0800. The minimum atomic E-state index is -0.0540. The predicted molar refractivity (Wildman–Crippen MR) is 71.5 cm³/mol. The topological polar surface area (TPSA) is 29.3 Å². The van der Waals surface area contributed by atoms with Crippen molar-refractivity contribution in [3.8, 4) is 0 Å². The molecule has 1 saturated heterocycles. The van der Waals surface area contributed by atoms with Gasteiger partial charge in [-0.3, -0.25) is 0 Å². The lowest BCUT2D eigenvalue weighted by Crippen LogP contribution is -2.45. The van der Waals surface area contributed by atoms with Crippen LogP contribution in [0.3, 0.4) is 0 Å². The van der Waals surface area contributed by atoms with E-state index in [-0.39, 0.29) is 5.54 Å². The highest BCUT2D eigenvalue weighted by Gasteiger charge is 2.28. The monoisotopic (exact) mass is 226 g/mol. The van der Waals surface area contributed by atoms with Gasteiger partial charge in [-0.05, 0) is 57.5 Å². The summed E-state index contributed by atoms with van der Waals surface area (Å²) in [7, 11) is 0. The van der Waals surface area contributed by atoms with Crippen molar-refractivity contribution in [1.29, 1.82) is 0 Å². The molecule has 2 nitrogen and oxygen atoms in total. The van der Waals surface area contributed by atoms with Crippen LogP contribution in [0.15, 0.2) is 0 Å². The molecule has 0 aromatic carbocycles. The predicted octanol–water partition coefficient (Wildman–Crippen LogP) is 2.87. The molecule has 1 aliphatic rings.